The molecule has 0 atom stereocenters. The van der Waals surface area contributed by atoms with Gasteiger partial charge in [-0.1, -0.05) is 31.2 Å². The molecule has 0 aliphatic heterocycles. The van der Waals surface area contributed by atoms with Crippen molar-refractivity contribution in [3.63, 3.8) is 0 Å². The molecule has 0 saturated heterocycles. The minimum absolute atomic E-state index is 0.655. The van der Waals surface area contributed by atoms with Crippen molar-refractivity contribution in [3.05, 3.63) is 35.4 Å². The van der Waals surface area contributed by atoms with Gasteiger partial charge in [0.25, 0.3) is 0 Å². The fraction of sp³-hybridized carbons (Fsp3) is 0.571. The summed E-state index contributed by atoms with van der Waals surface area (Å²) in [7, 11) is 2.17. The fourth-order valence-electron chi connectivity index (χ4n) is 2.32. The summed E-state index contributed by atoms with van der Waals surface area (Å²) in [5.41, 5.74) is 3.06. The quantitative estimate of drug-likeness (QED) is 0.809. The largest absolute Gasteiger partial charge is 0.312 e. The van der Waals surface area contributed by atoms with E-state index in [-0.39, 0.29) is 0 Å². The third kappa shape index (κ3) is 2.83. The summed E-state index contributed by atoms with van der Waals surface area (Å²) in [6, 6.07) is 9.46. The van der Waals surface area contributed by atoms with Crippen LogP contribution in [-0.4, -0.2) is 37.6 Å². The van der Waals surface area contributed by atoms with Gasteiger partial charge >= 0.3 is 0 Å². The predicted molar refractivity (Wildman–Crippen MR) is 68.8 cm³/mol. The smallest absolute Gasteiger partial charge is 0.0149 e. The summed E-state index contributed by atoms with van der Waals surface area (Å²) in [5.74, 6) is 0. The van der Waals surface area contributed by atoms with Gasteiger partial charge in [0, 0.05) is 19.1 Å². The molecule has 2 heteroatoms. The molecule has 1 N–H and O–H groups in total. The van der Waals surface area contributed by atoms with Gasteiger partial charge in [-0.2, -0.15) is 0 Å². The maximum Gasteiger partial charge on any atom is 0.0149 e. The van der Waals surface area contributed by atoms with E-state index in [0.717, 1.165) is 19.6 Å². The number of likely N-dealkylation sites (N-methyl/N-ethyl adjacent to an activating group) is 1. The van der Waals surface area contributed by atoms with E-state index in [9.17, 15) is 0 Å². The maximum atomic E-state index is 3.65. The summed E-state index contributed by atoms with van der Waals surface area (Å²) < 4.78 is 0. The van der Waals surface area contributed by atoms with Crippen LogP contribution in [0.3, 0.4) is 0 Å². The first-order valence-electron chi connectivity index (χ1n) is 6.28. The summed E-state index contributed by atoms with van der Waals surface area (Å²) in [6.07, 6.45) is 2.40. The van der Waals surface area contributed by atoms with Crippen LogP contribution in [0.25, 0.3) is 0 Å². The number of hydrogen-bond donors (Lipinski definition) is 1. The Balaban J connectivity index is 1.75. The molecule has 88 valence electrons. The highest BCUT2D eigenvalue weighted by molar-refractivity contribution is 5.33. The second kappa shape index (κ2) is 5.46. The zero-order valence-electron chi connectivity index (χ0n) is 10.4. The van der Waals surface area contributed by atoms with Crippen molar-refractivity contribution in [2.24, 2.45) is 0 Å². The number of nitrogens with zero attached hydrogens (tertiary/aromatic N) is 1. The normalized spacial score (nSPS) is 15.7. The van der Waals surface area contributed by atoms with Crippen molar-refractivity contribution in [2.45, 2.75) is 25.8 Å². The van der Waals surface area contributed by atoms with Gasteiger partial charge in [-0.15, -0.1) is 0 Å². The van der Waals surface area contributed by atoms with E-state index in [1.165, 1.54) is 24.0 Å². The lowest BCUT2D eigenvalue weighted by Crippen LogP contribution is -2.36. The van der Waals surface area contributed by atoms with Crippen LogP contribution in [-0.2, 0) is 12.8 Å². The van der Waals surface area contributed by atoms with Crippen molar-refractivity contribution in [2.75, 3.05) is 26.7 Å². The average Bonchev–Trinajstić information content (AvgIpc) is 2.71. The lowest BCUT2D eigenvalue weighted by Gasteiger charge is -2.17. The van der Waals surface area contributed by atoms with Gasteiger partial charge < -0.3 is 10.2 Å². The Morgan fingerprint density at radius 3 is 2.44 bits per heavy atom. The van der Waals surface area contributed by atoms with E-state index in [0.29, 0.717) is 6.04 Å². The Labute approximate surface area is 98.7 Å². The maximum absolute atomic E-state index is 3.65. The van der Waals surface area contributed by atoms with E-state index in [4.69, 9.17) is 0 Å². The molecule has 0 amide bonds. The van der Waals surface area contributed by atoms with Gasteiger partial charge in [0.15, 0.2) is 0 Å². The highest BCUT2D eigenvalue weighted by Crippen LogP contribution is 2.21. The molecular weight excluding hydrogens is 196 g/mol. The van der Waals surface area contributed by atoms with Crippen LogP contribution in [0.1, 0.15) is 18.1 Å². The Kier molecular flexibility index (Phi) is 3.97. The first-order valence-corrected chi connectivity index (χ1v) is 6.28. The van der Waals surface area contributed by atoms with Crippen LogP contribution < -0.4 is 5.32 Å². The summed E-state index contributed by atoms with van der Waals surface area (Å²) in [5, 5.41) is 3.65. The lowest BCUT2D eigenvalue weighted by atomic mass is 10.1. The molecule has 1 aliphatic rings. The highest BCUT2D eigenvalue weighted by atomic mass is 15.1. The minimum Gasteiger partial charge on any atom is -0.312 e. The van der Waals surface area contributed by atoms with Gasteiger partial charge in [0.05, 0.1) is 0 Å². The molecule has 0 heterocycles. The third-order valence-electron chi connectivity index (χ3n) is 3.52. The number of nitrogens with one attached hydrogen (secondary N) is 1. The standard InChI is InChI=1S/C14H22N2/c1-3-16(2)9-8-15-14-10-12-6-4-5-7-13(12)11-14/h4-7,14-15H,3,8-11H2,1-2H3. The van der Waals surface area contributed by atoms with Crippen LogP contribution in [0.5, 0.6) is 0 Å². The molecule has 0 spiro atoms. The van der Waals surface area contributed by atoms with Crippen molar-refractivity contribution >= 4 is 0 Å². The number of benzene rings is 1. The second-order valence-electron chi connectivity index (χ2n) is 4.72. The number of fused-ring (bicyclic) bond motifs is 1. The van der Waals surface area contributed by atoms with E-state index in [1.807, 2.05) is 0 Å². The van der Waals surface area contributed by atoms with Gasteiger partial charge in [-0.3, -0.25) is 0 Å². The summed E-state index contributed by atoms with van der Waals surface area (Å²) in [6.45, 7) is 5.57. The van der Waals surface area contributed by atoms with Crippen molar-refractivity contribution < 1.29 is 0 Å². The molecule has 0 unspecified atom stereocenters. The zero-order valence-corrected chi connectivity index (χ0v) is 10.4. The van der Waals surface area contributed by atoms with Crippen LogP contribution in [0.4, 0.5) is 0 Å². The molecule has 2 nitrogen and oxygen atoms in total. The molecule has 0 saturated carbocycles. The molecule has 1 aromatic carbocycles. The summed E-state index contributed by atoms with van der Waals surface area (Å²) in [4.78, 5) is 2.34. The molecule has 1 aliphatic carbocycles. The van der Waals surface area contributed by atoms with Crippen LogP contribution in [0.15, 0.2) is 24.3 Å². The lowest BCUT2D eigenvalue weighted by molar-refractivity contribution is 0.340. The Morgan fingerprint density at radius 1 is 1.25 bits per heavy atom. The molecule has 0 bridgehead atoms. The van der Waals surface area contributed by atoms with Crippen molar-refractivity contribution in [1.29, 1.82) is 0 Å². The molecule has 0 aromatic heterocycles. The molecule has 1 aromatic rings. The number of hydrogen-bond acceptors (Lipinski definition) is 2. The van der Waals surface area contributed by atoms with Gasteiger partial charge in [0.1, 0.15) is 0 Å². The molecule has 16 heavy (non-hydrogen) atoms. The molecule has 2 rings (SSSR count). The second-order valence-corrected chi connectivity index (χ2v) is 4.72. The SMILES string of the molecule is CCN(C)CCNC1Cc2ccccc2C1. The van der Waals surface area contributed by atoms with Gasteiger partial charge in [-0.25, -0.2) is 0 Å². The Bertz CT molecular complexity index is 310. The minimum atomic E-state index is 0.655. The van der Waals surface area contributed by atoms with Crippen molar-refractivity contribution in [3.8, 4) is 0 Å². The molecule has 0 fully saturated rings. The first-order chi connectivity index (χ1) is 7.79. The topological polar surface area (TPSA) is 15.3 Å². The van der Waals surface area contributed by atoms with E-state index in [1.54, 1.807) is 0 Å². The Morgan fingerprint density at radius 2 is 1.88 bits per heavy atom. The highest BCUT2D eigenvalue weighted by Gasteiger charge is 2.19. The van der Waals surface area contributed by atoms with Gasteiger partial charge in [-0.05, 0) is 37.6 Å². The molecular formula is C14H22N2. The fourth-order valence-corrected chi connectivity index (χ4v) is 2.32. The van der Waals surface area contributed by atoms with E-state index >= 15 is 0 Å². The third-order valence-corrected chi connectivity index (χ3v) is 3.52. The van der Waals surface area contributed by atoms with Crippen LogP contribution >= 0.6 is 0 Å². The molecule has 0 radical (unpaired) electrons. The summed E-state index contributed by atoms with van der Waals surface area (Å²) >= 11 is 0. The van der Waals surface area contributed by atoms with Crippen molar-refractivity contribution in [1.82, 2.24) is 10.2 Å². The monoisotopic (exact) mass is 218 g/mol. The first kappa shape index (κ1) is 11.6. The zero-order chi connectivity index (χ0) is 11.4. The predicted octanol–water partition coefficient (Wildman–Crippen LogP) is 1.70. The number of rotatable bonds is 5. The Hall–Kier alpha value is -0.860. The van der Waals surface area contributed by atoms with E-state index < -0.39 is 0 Å². The van der Waals surface area contributed by atoms with Crippen LogP contribution in [0.2, 0.25) is 0 Å². The van der Waals surface area contributed by atoms with Gasteiger partial charge in [0.2, 0.25) is 0 Å². The van der Waals surface area contributed by atoms with E-state index in [2.05, 4.69) is 48.5 Å². The average molecular weight is 218 g/mol. The van der Waals surface area contributed by atoms with Crippen LogP contribution in [0, 0.1) is 0 Å².